The number of carbonyl (C=O) groups excluding carboxylic acids is 1. The number of fused-ring (bicyclic) bond motifs is 1. The van der Waals surface area contributed by atoms with Crippen LogP contribution in [0.2, 0.25) is 0 Å². The van der Waals surface area contributed by atoms with E-state index in [9.17, 15) is 13.6 Å². The zero-order valence-electron chi connectivity index (χ0n) is 14.4. The first-order valence-corrected chi connectivity index (χ1v) is 8.60. The molecule has 0 saturated carbocycles. The molecule has 1 fully saturated rings. The molecule has 0 radical (unpaired) electrons. The quantitative estimate of drug-likeness (QED) is 0.764. The molecule has 2 heterocycles. The van der Waals surface area contributed by atoms with Gasteiger partial charge in [0.1, 0.15) is 17.5 Å². The molecule has 2 aromatic carbocycles. The van der Waals surface area contributed by atoms with Crippen LogP contribution in [0, 0.1) is 11.6 Å². The van der Waals surface area contributed by atoms with Crippen LogP contribution in [-0.4, -0.2) is 42.1 Å². The number of nitrogens with zero attached hydrogens (tertiary/aromatic N) is 2. The summed E-state index contributed by atoms with van der Waals surface area (Å²) < 4.78 is 32.2. The Morgan fingerprint density at radius 3 is 2.41 bits per heavy atom. The summed E-state index contributed by atoms with van der Waals surface area (Å²) in [4.78, 5) is 19.0. The number of carbonyl (C=O) groups is 1. The largest absolute Gasteiger partial charge is 0.378 e. The molecule has 4 rings (SSSR count). The number of pyridine rings is 1. The van der Waals surface area contributed by atoms with Crippen LogP contribution < -0.4 is 5.32 Å². The van der Waals surface area contributed by atoms with Crippen LogP contribution in [0.1, 0.15) is 10.4 Å². The summed E-state index contributed by atoms with van der Waals surface area (Å²) in [6, 6.07) is 10.5. The van der Waals surface area contributed by atoms with E-state index in [1.165, 1.54) is 18.3 Å². The van der Waals surface area contributed by atoms with Crippen LogP contribution in [0.3, 0.4) is 0 Å². The highest BCUT2D eigenvalue weighted by Crippen LogP contribution is 2.28. The van der Waals surface area contributed by atoms with E-state index in [-0.39, 0.29) is 11.6 Å². The van der Waals surface area contributed by atoms with Crippen LogP contribution in [0.4, 0.5) is 20.3 Å². The van der Waals surface area contributed by atoms with Gasteiger partial charge in [0.05, 0.1) is 18.8 Å². The summed E-state index contributed by atoms with van der Waals surface area (Å²) in [6.45, 7) is 2.11. The van der Waals surface area contributed by atoms with Gasteiger partial charge < -0.3 is 15.0 Å². The molecule has 1 aromatic heterocycles. The number of hydrogen-bond donors (Lipinski definition) is 1. The minimum absolute atomic E-state index is 0.106. The minimum atomic E-state index is -0.680. The van der Waals surface area contributed by atoms with Gasteiger partial charge in [-0.3, -0.25) is 4.79 Å². The van der Waals surface area contributed by atoms with Gasteiger partial charge in [0, 0.05) is 36.4 Å². The van der Waals surface area contributed by atoms with Gasteiger partial charge >= 0.3 is 0 Å². The Balaban J connectivity index is 1.72. The first kappa shape index (κ1) is 17.4. The van der Waals surface area contributed by atoms with Crippen molar-refractivity contribution in [2.24, 2.45) is 0 Å². The highest BCUT2D eigenvalue weighted by atomic mass is 19.1. The minimum Gasteiger partial charge on any atom is -0.378 e. The molecule has 138 valence electrons. The van der Waals surface area contributed by atoms with Crippen molar-refractivity contribution in [3.63, 3.8) is 0 Å². The second-order valence-electron chi connectivity index (χ2n) is 6.25. The Labute approximate surface area is 154 Å². The van der Waals surface area contributed by atoms with Crippen molar-refractivity contribution in [3.8, 4) is 0 Å². The molecular weight excluding hydrogens is 352 g/mol. The summed E-state index contributed by atoms with van der Waals surface area (Å²) in [7, 11) is 0. The predicted octanol–water partition coefficient (Wildman–Crippen LogP) is 3.73. The van der Waals surface area contributed by atoms with E-state index in [4.69, 9.17) is 4.74 Å². The Bertz CT molecular complexity index is 983. The lowest BCUT2D eigenvalue weighted by molar-refractivity contribution is 0.0304. The number of ether oxygens (including phenoxy) is 1. The summed E-state index contributed by atoms with van der Waals surface area (Å²) in [5.41, 5.74) is 0.737. The second-order valence-corrected chi connectivity index (χ2v) is 6.25. The topological polar surface area (TPSA) is 54.5 Å². The Hall–Kier alpha value is -3.06. The normalized spacial score (nSPS) is 14.4. The van der Waals surface area contributed by atoms with Gasteiger partial charge in [-0.15, -0.1) is 0 Å². The third-order valence-electron chi connectivity index (χ3n) is 4.45. The molecule has 1 aliphatic rings. The summed E-state index contributed by atoms with van der Waals surface area (Å²) >= 11 is 0. The maximum atomic E-state index is 13.5. The lowest BCUT2D eigenvalue weighted by Crippen LogP contribution is -2.40. The van der Waals surface area contributed by atoms with E-state index in [0.717, 1.165) is 11.5 Å². The van der Waals surface area contributed by atoms with Gasteiger partial charge in [0.15, 0.2) is 0 Å². The average molecular weight is 369 g/mol. The van der Waals surface area contributed by atoms with Crippen molar-refractivity contribution in [1.29, 1.82) is 0 Å². The molecule has 1 aliphatic heterocycles. The van der Waals surface area contributed by atoms with Crippen molar-refractivity contribution in [1.82, 2.24) is 9.88 Å². The van der Waals surface area contributed by atoms with Gasteiger partial charge in [-0.1, -0.05) is 24.3 Å². The molecule has 1 amide bonds. The highest BCUT2D eigenvalue weighted by Gasteiger charge is 2.21. The van der Waals surface area contributed by atoms with Crippen LogP contribution in [0.15, 0.2) is 48.7 Å². The third-order valence-corrected chi connectivity index (χ3v) is 4.45. The van der Waals surface area contributed by atoms with E-state index < -0.39 is 11.6 Å². The van der Waals surface area contributed by atoms with Gasteiger partial charge in [-0.25, -0.2) is 13.8 Å². The zero-order chi connectivity index (χ0) is 18.8. The summed E-state index contributed by atoms with van der Waals surface area (Å²) in [5, 5.41) is 4.36. The number of hydrogen-bond acceptors (Lipinski definition) is 4. The number of nitrogens with one attached hydrogen (secondary N) is 1. The lowest BCUT2D eigenvalue weighted by Gasteiger charge is -2.27. The third kappa shape index (κ3) is 3.59. The van der Waals surface area contributed by atoms with E-state index in [1.54, 1.807) is 4.90 Å². The van der Waals surface area contributed by atoms with Crippen LogP contribution in [0.5, 0.6) is 0 Å². The number of anilines is 2. The maximum absolute atomic E-state index is 13.5. The number of rotatable bonds is 3. The van der Waals surface area contributed by atoms with E-state index >= 15 is 0 Å². The Morgan fingerprint density at radius 2 is 1.70 bits per heavy atom. The fraction of sp³-hybridized carbons (Fsp3) is 0.200. The first-order valence-electron chi connectivity index (χ1n) is 8.60. The van der Waals surface area contributed by atoms with E-state index in [1.807, 2.05) is 24.3 Å². The Kier molecular flexibility index (Phi) is 4.68. The first-order chi connectivity index (χ1) is 13.1. The van der Waals surface area contributed by atoms with Crippen molar-refractivity contribution in [2.75, 3.05) is 31.6 Å². The molecule has 1 saturated heterocycles. The molecule has 3 aromatic rings. The van der Waals surface area contributed by atoms with Crippen molar-refractivity contribution in [2.45, 2.75) is 0 Å². The maximum Gasteiger partial charge on any atom is 0.256 e. The molecular formula is C20H17F2N3O2. The molecule has 0 aliphatic carbocycles. The van der Waals surface area contributed by atoms with Gasteiger partial charge in [-0.05, 0) is 17.5 Å². The average Bonchev–Trinajstić information content (AvgIpc) is 2.68. The SMILES string of the molecule is O=C(c1cnc(Nc2cc(F)cc(F)c2)c2ccccc12)N1CCOCC1. The van der Waals surface area contributed by atoms with Gasteiger partial charge in [-0.2, -0.15) is 0 Å². The lowest BCUT2D eigenvalue weighted by atomic mass is 10.1. The molecule has 0 spiro atoms. The number of morpholine rings is 1. The van der Waals surface area contributed by atoms with Crippen LogP contribution in [-0.2, 0) is 4.74 Å². The molecule has 0 atom stereocenters. The Morgan fingerprint density at radius 1 is 1.04 bits per heavy atom. The predicted molar refractivity (Wildman–Crippen MR) is 98.1 cm³/mol. The number of halogens is 2. The van der Waals surface area contributed by atoms with Gasteiger partial charge in [0.25, 0.3) is 5.91 Å². The molecule has 27 heavy (non-hydrogen) atoms. The number of aromatic nitrogens is 1. The fourth-order valence-corrected chi connectivity index (χ4v) is 3.16. The molecule has 7 heteroatoms. The van der Waals surface area contributed by atoms with Crippen LogP contribution >= 0.6 is 0 Å². The smallest absolute Gasteiger partial charge is 0.256 e. The van der Waals surface area contributed by atoms with Crippen molar-refractivity contribution >= 4 is 28.2 Å². The number of benzene rings is 2. The van der Waals surface area contributed by atoms with E-state index in [2.05, 4.69) is 10.3 Å². The molecule has 1 N–H and O–H groups in total. The zero-order valence-corrected chi connectivity index (χ0v) is 14.4. The fourth-order valence-electron chi connectivity index (χ4n) is 3.16. The number of amides is 1. The van der Waals surface area contributed by atoms with E-state index in [0.29, 0.717) is 43.1 Å². The van der Waals surface area contributed by atoms with Crippen molar-refractivity contribution < 1.29 is 18.3 Å². The van der Waals surface area contributed by atoms with Crippen LogP contribution in [0.25, 0.3) is 10.8 Å². The molecule has 0 unspecified atom stereocenters. The summed E-state index contributed by atoms with van der Waals surface area (Å²) in [5.74, 6) is -1.04. The molecule has 0 bridgehead atoms. The second kappa shape index (κ2) is 7.28. The summed E-state index contributed by atoms with van der Waals surface area (Å²) in [6.07, 6.45) is 1.50. The monoisotopic (exact) mass is 369 g/mol. The highest BCUT2D eigenvalue weighted by molar-refractivity contribution is 6.09. The van der Waals surface area contributed by atoms with Crippen molar-refractivity contribution in [3.05, 3.63) is 65.9 Å². The standard InChI is InChI=1S/C20H17F2N3O2/c21-13-9-14(22)11-15(10-13)24-19-17-4-2-1-3-16(17)18(12-23-19)20(26)25-5-7-27-8-6-25/h1-4,9-12H,5-8H2,(H,23,24). The van der Waals surface area contributed by atoms with Gasteiger partial charge in [0.2, 0.25) is 0 Å². The molecule has 5 nitrogen and oxygen atoms in total.